The summed E-state index contributed by atoms with van der Waals surface area (Å²) in [5.41, 5.74) is 1.94. The highest BCUT2D eigenvalue weighted by Crippen LogP contribution is 2.13. The first kappa shape index (κ1) is 14.9. The highest BCUT2D eigenvalue weighted by molar-refractivity contribution is 5.09. The number of aromatic nitrogens is 4. The number of rotatable bonds is 4. The van der Waals surface area contributed by atoms with Gasteiger partial charge in [0.05, 0.1) is 37.6 Å². The van der Waals surface area contributed by atoms with Crippen molar-refractivity contribution in [3.8, 4) is 0 Å². The predicted octanol–water partition coefficient (Wildman–Crippen LogP) is 1.49. The lowest BCUT2D eigenvalue weighted by molar-refractivity contribution is 0.257. The molecule has 3 aromatic heterocycles. The van der Waals surface area contributed by atoms with Gasteiger partial charge in [-0.15, -0.1) is 0 Å². The molecule has 7 heteroatoms. The minimum Gasteiger partial charge on any atom is -0.472 e. The minimum atomic E-state index is 0.0280. The van der Waals surface area contributed by atoms with Crippen LogP contribution < -0.4 is 5.56 Å². The molecule has 7 nitrogen and oxygen atoms in total. The van der Waals surface area contributed by atoms with Crippen LogP contribution in [0.15, 0.2) is 52.6 Å². The van der Waals surface area contributed by atoms with Gasteiger partial charge in [-0.1, -0.05) is 0 Å². The molecule has 124 valence electrons. The van der Waals surface area contributed by atoms with Gasteiger partial charge in [-0.2, -0.15) is 0 Å². The van der Waals surface area contributed by atoms with Gasteiger partial charge in [-0.05, 0) is 12.5 Å². The van der Waals surface area contributed by atoms with E-state index in [0.717, 1.165) is 36.6 Å². The molecule has 4 heterocycles. The molecule has 0 aliphatic carbocycles. The molecule has 0 unspecified atom stereocenters. The van der Waals surface area contributed by atoms with E-state index < -0.39 is 0 Å². The average molecular weight is 325 g/mol. The zero-order valence-electron chi connectivity index (χ0n) is 13.3. The summed E-state index contributed by atoms with van der Waals surface area (Å²) in [6.45, 7) is 3.68. The molecule has 1 aliphatic rings. The molecule has 3 aromatic rings. The Morgan fingerprint density at radius 2 is 2.21 bits per heavy atom. The van der Waals surface area contributed by atoms with Crippen molar-refractivity contribution < 1.29 is 4.42 Å². The first-order valence-electron chi connectivity index (χ1n) is 8.07. The summed E-state index contributed by atoms with van der Waals surface area (Å²) in [4.78, 5) is 23.5. The Morgan fingerprint density at radius 3 is 3.00 bits per heavy atom. The van der Waals surface area contributed by atoms with E-state index >= 15 is 0 Å². The van der Waals surface area contributed by atoms with Gasteiger partial charge in [-0.25, -0.2) is 9.97 Å². The Morgan fingerprint density at radius 1 is 1.25 bits per heavy atom. The normalized spacial score (nSPS) is 15.2. The van der Waals surface area contributed by atoms with E-state index in [-0.39, 0.29) is 5.56 Å². The monoisotopic (exact) mass is 325 g/mol. The molecule has 0 amide bonds. The number of furan rings is 1. The number of fused-ring (bicyclic) bond motifs is 1. The number of hydrogen-bond donors (Lipinski definition) is 0. The summed E-state index contributed by atoms with van der Waals surface area (Å²) in [6.07, 6.45) is 9.72. The number of imidazole rings is 1. The zero-order chi connectivity index (χ0) is 16.4. The molecule has 1 aliphatic heterocycles. The maximum atomic E-state index is 12.5. The molecule has 0 bridgehead atoms. The molecule has 0 saturated heterocycles. The van der Waals surface area contributed by atoms with Gasteiger partial charge in [0.2, 0.25) is 0 Å². The maximum Gasteiger partial charge on any atom is 0.253 e. The molecule has 0 atom stereocenters. The summed E-state index contributed by atoms with van der Waals surface area (Å²) in [5, 5.41) is 0. The first-order valence-corrected chi connectivity index (χ1v) is 8.07. The molecule has 0 N–H and O–H groups in total. The minimum absolute atomic E-state index is 0.0280. The van der Waals surface area contributed by atoms with Crippen LogP contribution in [-0.2, 0) is 26.2 Å². The van der Waals surface area contributed by atoms with Gasteiger partial charge in [0.1, 0.15) is 5.82 Å². The van der Waals surface area contributed by atoms with Crippen LogP contribution in [-0.4, -0.2) is 30.5 Å². The quantitative estimate of drug-likeness (QED) is 0.727. The Hall–Kier alpha value is -2.67. The third-order valence-electron chi connectivity index (χ3n) is 4.25. The van der Waals surface area contributed by atoms with Crippen LogP contribution >= 0.6 is 0 Å². The predicted molar refractivity (Wildman–Crippen MR) is 87.3 cm³/mol. The fourth-order valence-corrected chi connectivity index (χ4v) is 3.12. The van der Waals surface area contributed by atoms with Gasteiger partial charge in [0.15, 0.2) is 0 Å². The van der Waals surface area contributed by atoms with Gasteiger partial charge >= 0.3 is 0 Å². The smallest absolute Gasteiger partial charge is 0.253 e. The molecule has 0 radical (unpaired) electrons. The van der Waals surface area contributed by atoms with E-state index in [4.69, 9.17) is 9.40 Å². The molecule has 0 spiro atoms. The standard InChI is InChI=1S/C17H19N5O2/c23-17-8-15(10-21-6-3-18-13-21)19-16-11-20(4-1-5-22(16)17)9-14-2-7-24-12-14/h2-3,6-8,12-13H,1,4-5,9-11H2. The van der Waals surface area contributed by atoms with Crippen LogP contribution in [0.25, 0.3) is 0 Å². The molecule has 0 aromatic carbocycles. The third kappa shape index (κ3) is 3.16. The molecule has 24 heavy (non-hydrogen) atoms. The second-order valence-electron chi connectivity index (χ2n) is 6.08. The SMILES string of the molecule is O=c1cc(Cn2ccnc2)nc2n1CCCN(Cc1ccoc1)C2. The van der Waals surface area contributed by atoms with Crippen LogP contribution in [0.1, 0.15) is 23.5 Å². The lowest BCUT2D eigenvalue weighted by atomic mass is 10.3. The van der Waals surface area contributed by atoms with Crippen molar-refractivity contribution in [2.45, 2.75) is 32.6 Å². The summed E-state index contributed by atoms with van der Waals surface area (Å²) in [6, 6.07) is 3.61. The highest BCUT2D eigenvalue weighted by Gasteiger charge is 2.18. The highest BCUT2D eigenvalue weighted by atomic mass is 16.3. The van der Waals surface area contributed by atoms with Crippen molar-refractivity contribution in [2.75, 3.05) is 6.54 Å². The van der Waals surface area contributed by atoms with Crippen LogP contribution in [0.3, 0.4) is 0 Å². The van der Waals surface area contributed by atoms with Gasteiger partial charge in [0.25, 0.3) is 5.56 Å². The van der Waals surface area contributed by atoms with E-state index in [2.05, 4.69) is 9.88 Å². The maximum absolute atomic E-state index is 12.5. The summed E-state index contributed by atoms with van der Waals surface area (Å²) in [7, 11) is 0. The lowest BCUT2D eigenvalue weighted by Gasteiger charge is -2.18. The number of hydrogen-bond acceptors (Lipinski definition) is 5. The summed E-state index contributed by atoms with van der Waals surface area (Å²) in [5.74, 6) is 0.832. The first-order chi connectivity index (χ1) is 11.8. The van der Waals surface area contributed by atoms with Gasteiger partial charge in [-0.3, -0.25) is 14.3 Å². The van der Waals surface area contributed by atoms with Gasteiger partial charge < -0.3 is 8.98 Å². The van der Waals surface area contributed by atoms with Crippen molar-refractivity contribution in [1.29, 1.82) is 0 Å². The summed E-state index contributed by atoms with van der Waals surface area (Å²) < 4.78 is 8.86. The molecule has 4 rings (SSSR count). The van der Waals surface area contributed by atoms with Crippen LogP contribution in [0, 0.1) is 0 Å². The molecular weight excluding hydrogens is 306 g/mol. The van der Waals surface area contributed by atoms with E-state index in [1.807, 2.05) is 16.8 Å². The van der Waals surface area contributed by atoms with Crippen LogP contribution in [0.4, 0.5) is 0 Å². The van der Waals surface area contributed by atoms with Crippen LogP contribution in [0.2, 0.25) is 0 Å². The van der Waals surface area contributed by atoms with Crippen molar-refractivity contribution >= 4 is 0 Å². The molecule has 0 fully saturated rings. The van der Waals surface area contributed by atoms with E-state index in [0.29, 0.717) is 19.6 Å². The van der Waals surface area contributed by atoms with Crippen molar-refractivity contribution in [3.05, 3.63) is 70.8 Å². The van der Waals surface area contributed by atoms with Crippen molar-refractivity contribution in [3.63, 3.8) is 0 Å². The largest absolute Gasteiger partial charge is 0.472 e. The fourth-order valence-electron chi connectivity index (χ4n) is 3.12. The zero-order valence-corrected chi connectivity index (χ0v) is 13.3. The lowest BCUT2D eigenvalue weighted by Crippen LogP contribution is -2.27. The Bertz CT molecular complexity index is 852. The Labute approximate surface area is 139 Å². The van der Waals surface area contributed by atoms with Crippen LogP contribution in [0.5, 0.6) is 0 Å². The second-order valence-corrected chi connectivity index (χ2v) is 6.08. The van der Waals surface area contributed by atoms with Crippen molar-refractivity contribution in [2.24, 2.45) is 0 Å². The van der Waals surface area contributed by atoms with Gasteiger partial charge in [0, 0.05) is 43.7 Å². The average Bonchev–Trinajstić information content (AvgIpc) is 3.20. The molecule has 0 saturated carbocycles. The topological polar surface area (TPSA) is 69.1 Å². The fraction of sp³-hybridized carbons (Fsp3) is 0.353. The Kier molecular flexibility index (Phi) is 4.00. The second kappa shape index (κ2) is 6.45. The van der Waals surface area contributed by atoms with E-state index in [1.54, 1.807) is 35.7 Å². The molecular formula is C17H19N5O2. The Balaban J connectivity index is 1.59. The summed E-state index contributed by atoms with van der Waals surface area (Å²) >= 11 is 0. The number of nitrogens with zero attached hydrogens (tertiary/aromatic N) is 5. The van der Waals surface area contributed by atoms with Crippen molar-refractivity contribution in [1.82, 2.24) is 24.0 Å². The van der Waals surface area contributed by atoms with E-state index in [9.17, 15) is 4.79 Å². The van der Waals surface area contributed by atoms with E-state index in [1.165, 1.54) is 0 Å². The third-order valence-corrected chi connectivity index (χ3v) is 4.25.